The summed E-state index contributed by atoms with van der Waals surface area (Å²) in [5, 5.41) is 0. The Balaban J connectivity index is 2.63. The fourth-order valence-electron chi connectivity index (χ4n) is 1.43. The minimum absolute atomic E-state index is 0.700. The van der Waals surface area contributed by atoms with E-state index in [-0.39, 0.29) is 0 Å². The van der Waals surface area contributed by atoms with Crippen molar-refractivity contribution in [1.82, 2.24) is 9.11 Å². The van der Waals surface area contributed by atoms with E-state index in [1.165, 1.54) is 0 Å². The standard InChI is InChI=1S/C7H18N2O3P2/c1-8-6-5-7-9(13(8)10-2)14(11-3)12-4/h5-7H2,1-4H3. The maximum Gasteiger partial charge on any atom is 0.264 e. The normalized spacial score (nSPS) is 25.9. The molecule has 0 N–H and O–H groups in total. The van der Waals surface area contributed by atoms with Crippen molar-refractivity contribution in [2.24, 2.45) is 0 Å². The van der Waals surface area contributed by atoms with Gasteiger partial charge in [-0.2, -0.15) is 4.44 Å². The highest BCUT2D eigenvalue weighted by atomic mass is 31.2. The Morgan fingerprint density at radius 1 is 1.14 bits per heavy atom. The summed E-state index contributed by atoms with van der Waals surface area (Å²) in [6, 6.07) is 0. The van der Waals surface area contributed by atoms with Crippen molar-refractivity contribution in [3.8, 4) is 0 Å². The highest BCUT2D eigenvalue weighted by Gasteiger charge is 2.34. The Morgan fingerprint density at radius 2 is 1.79 bits per heavy atom. The third-order valence-corrected chi connectivity index (χ3v) is 5.80. The minimum atomic E-state index is -0.951. The van der Waals surface area contributed by atoms with Gasteiger partial charge < -0.3 is 13.6 Å². The Kier molecular flexibility index (Phi) is 5.72. The van der Waals surface area contributed by atoms with Gasteiger partial charge in [0.05, 0.1) is 0 Å². The first-order valence-corrected chi connectivity index (χ1v) is 6.75. The summed E-state index contributed by atoms with van der Waals surface area (Å²) in [5.74, 6) is 0. The summed E-state index contributed by atoms with van der Waals surface area (Å²) in [6.07, 6.45) is 1.13. The zero-order chi connectivity index (χ0) is 10.6. The van der Waals surface area contributed by atoms with Gasteiger partial charge in [-0.25, -0.2) is 4.67 Å². The average molecular weight is 240 g/mol. The van der Waals surface area contributed by atoms with Crippen LogP contribution in [0.15, 0.2) is 0 Å². The van der Waals surface area contributed by atoms with Crippen molar-refractivity contribution in [3.05, 3.63) is 0 Å². The van der Waals surface area contributed by atoms with E-state index in [4.69, 9.17) is 13.6 Å². The fraction of sp³-hybridized carbons (Fsp3) is 1.00. The van der Waals surface area contributed by atoms with Gasteiger partial charge in [0.1, 0.15) is 0 Å². The second kappa shape index (κ2) is 6.29. The van der Waals surface area contributed by atoms with E-state index in [1.807, 2.05) is 0 Å². The fourth-order valence-corrected chi connectivity index (χ4v) is 5.27. The minimum Gasteiger partial charge on any atom is -0.334 e. The van der Waals surface area contributed by atoms with Gasteiger partial charge in [-0.15, -0.1) is 0 Å². The molecule has 0 aromatic carbocycles. The van der Waals surface area contributed by atoms with Gasteiger partial charge in [0.2, 0.25) is 0 Å². The molecule has 1 unspecified atom stereocenters. The highest BCUT2D eigenvalue weighted by molar-refractivity contribution is 7.61. The van der Waals surface area contributed by atoms with Crippen LogP contribution in [0.4, 0.5) is 0 Å². The van der Waals surface area contributed by atoms with Crippen molar-refractivity contribution in [3.63, 3.8) is 0 Å². The van der Waals surface area contributed by atoms with Gasteiger partial charge in [-0.1, -0.05) is 0 Å². The first kappa shape index (κ1) is 12.7. The lowest BCUT2D eigenvalue weighted by Gasteiger charge is -2.40. The molecule has 5 nitrogen and oxygen atoms in total. The molecule has 1 heterocycles. The lowest BCUT2D eigenvalue weighted by atomic mass is 10.4. The van der Waals surface area contributed by atoms with E-state index in [0.29, 0.717) is 0 Å². The lowest BCUT2D eigenvalue weighted by molar-refractivity contribution is 0.267. The second-order valence-corrected chi connectivity index (χ2v) is 6.91. The Morgan fingerprint density at radius 3 is 2.29 bits per heavy atom. The molecule has 14 heavy (non-hydrogen) atoms. The first-order chi connectivity index (χ1) is 6.74. The molecule has 1 atom stereocenters. The second-order valence-electron chi connectivity index (χ2n) is 2.87. The van der Waals surface area contributed by atoms with Gasteiger partial charge in [0.25, 0.3) is 8.53 Å². The van der Waals surface area contributed by atoms with Gasteiger partial charge in [0.15, 0.2) is 8.45 Å². The molecule has 0 aliphatic carbocycles. The van der Waals surface area contributed by atoms with Crippen LogP contribution in [0.3, 0.4) is 0 Å². The van der Waals surface area contributed by atoms with Crippen LogP contribution in [-0.4, -0.2) is 50.6 Å². The van der Waals surface area contributed by atoms with Crippen molar-refractivity contribution in [1.29, 1.82) is 0 Å². The lowest BCUT2D eigenvalue weighted by Crippen LogP contribution is -2.32. The van der Waals surface area contributed by atoms with Gasteiger partial charge in [-0.05, 0) is 13.5 Å². The van der Waals surface area contributed by atoms with E-state index in [2.05, 4.69) is 16.2 Å². The van der Waals surface area contributed by atoms with Gasteiger partial charge in [0, 0.05) is 34.4 Å². The zero-order valence-corrected chi connectivity index (χ0v) is 10.9. The van der Waals surface area contributed by atoms with Crippen LogP contribution >= 0.6 is 17.0 Å². The Bertz CT molecular complexity index is 171. The van der Waals surface area contributed by atoms with Crippen LogP contribution in [-0.2, 0) is 13.6 Å². The molecule has 0 aromatic heterocycles. The molecule has 1 saturated heterocycles. The van der Waals surface area contributed by atoms with Gasteiger partial charge in [-0.3, -0.25) is 0 Å². The predicted octanol–water partition coefficient (Wildman–Crippen LogP) is 2.02. The molecule has 0 aromatic rings. The smallest absolute Gasteiger partial charge is 0.264 e. The van der Waals surface area contributed by atoms with Crippen LogP contribution in [0.2, 0.25) is 0 Å². The number of nitrogens with zero attached hydrogens (tertiary/aromatic N) is 2. The Hall–Kier alpha value is 0.660. The van der Waals surface area contributed by atoms with E-state index in [0.717, 1.165) is 19.5 Å². The maximum atomic E-state index is 5.47. The summed E-state index contributed by atoms with van der Waals surface area (Å²) < 4.78 is 20.5. The molecule has 0 saturated carbocycles. The molecule has 0 radical (unpaired) electrons. The van der Waals surface area contributed by atoms with E-state index in [1.54, 1.807) is 21.3 Å². The molecule has 0 amide bonds. The average Bonchev–Trinajstić information content (AvgIpc) is 2.20. The van der Waals surface area contributed by atoms with Crippen LogP contribution in [0.1, 0.15) is 6.42 Å². The summed E-state index contributed by atoms with van der Waals surface area (Å²) in [5.41, 5.74) is 0. The molecule has 84 valence electrons. The summed E-state index contributed by atoms with van der Waals surface area (Å²) in [7, 11) is 5.50. The van der Waals surface area contributed by atoms with Crippen LogP contribution < -0.4 is 0 Å². The maximum absolute atomic E-state index is 5.47. The number of rotatable bonds is 4. The van der Waals surface area contributed by atoms with Crippen LogP contribution in [0.25, 0.3) is 0 Å². The van der Waals surface area contributed by atoms with Crippen molar-refractivity contribution in [2.75, 3.05) is 41.5 Å². The largest absolute Gasteiger partial charge is 0.334 e. The van der Waals surface area contributed by atoms with Gasteiger partial charge >= 0.3 is 0 Å². The van der Waals surface area contributed by atoms with Crippen LogP contribution in [0.5, 0.6) is 0 Å². The monoisotopic (exact) mass is 240 g/mol. The highest BCUT2D eigenvalue weighted by Crippen LogP contribution is 2.60. The summed E-state index contributed by atoms with van der Waals surface area (Å²) >= 11 is 0. The van der Waals surface area contributed by atoms with E-state index in [9.17, 15) is 0 Å². The Labute approximate surface area is 88.2 Å². The zero-order valence-electron chi connectivity index (χ0n) is 9.13. The topological polar surface area (TPSA) is 34.2 Å². The van der Waals surface area contributed by atoms with E-state index < -0.39 is 17.0 Å². The molecule has 1 aliphatic heterocycles. The molecular formula is C7H18N2O3P2. The number of hydrogen-bond donors (Lipinski definition) is 0. The molecule has 0 bridgehead atoms. The molecule has 0 spiro atoms. The third-order valence-electron chi connectivity index (χ3n) is 1.99. The quantitative estimate of drug-likeness (QED) is 0.702. The molecule has 7 heteroatoms. The van der Waals surface area contributed by atoms with E-state index >= 15 is 0 Å². The predicted molar refractivity (Wildman–Crippen MR) is 58.8 cm³/mol. The molecule has 1 aliphatic rings. The molecule has 1 fully saturated rings. The molecule has 1 rings (SSSR count). The third kappa shape index (κ3) is 2.83. The number of hydrogen-bond acceptors (Lipinski definition) is 5. The van der Waals surface area contributed by atoms with Crippen LogP contribution in [0, 0.1) is 0 Å². The first-order valence-electron chi connectivity index (χ1n) is 4.45. The van der Waals surface area contributed by atoms with Crippen molar-refractivity contribution >= 4 is 17.0 Å². The SMILES string of the molecule is COP(OC)N1CCCN(C)P1OC. The summed E-state index contributed by atoms with van der Waals surface area (Å²) in [6.45, 7) is 2.06. The molecular weight excluding hydrogens is 222 g/mol. The van der Waals surface area contributed by atoms with Crippen molar-refractivity contribution in [2.45, 2.75) is 6.42 Å². The summed E-state index contributed by atoms with van der Waals surface area (Å²) in [4.78, 5) is 0. The van der Waals surface area contributed by atoms with Crippen molar-refractivity contribution < 1.29 is 13.6 Å².